The van der Waals surface area contributed by atoms with E-state index in [9.17, 15) is 19.2 Å². The van der Waals surface area contributed by atoms with Crippen molar-refractivity contribution in [1.82, 2.24) is 0 Å². The lowest BCUT2D eigenvalue weighted by molar-refractivity contribution is -0.162. The summed E-state index contributed by atoms with van der Waals surface area (Å²) in [6.07, 6.45) is 2.19. The van der Waals surface area contributed by atoms with E-state index < -0.39 is 30.4 Å². The molecule has 1 aromatic rings. The monoisotopic (exact) mass is 481 g/mol. The highest BCUT2D eigenvalue weighted by Gasteiger charge is 2.25. The molecule has 0 heterocycles. The maximum atomic E-state index is 12.3. The third-order valence-corrected chi connectivity index (χ3v) is 5.20. The minimum atomic E-state index is -1.04. The molecule has 2 N–H and O–H groups in total. The third kappa shape index (κ3) is 8.54. The summed E-state index contributed by atoms with van der Waals surface area (Å²) in [4.78, 5) is 47.4. The molecule has 1 aliphatic rings. The number of hydrogen-bond donors (Lipinski definition) is 1. The highest BCUT2D eigenvalue weighted by molar-refractivity contribution is 5.76. The van der Waals surface area contributed by atoms with Crippen LogP contribution in [0.4, 0.5) is 9.59 Å². The summed E-state index contributed by atoms with van der Waals surface area (Å²) in [6, 6.07) is 3.22. The van der Waals surface area contributed by atoms with Crippen LogP contribution in [0.1, 0.15) is 44.6 Å². The molecule has 11 heteroatoms. The number of carbonyl (C=O) groups is 4. The van der Waals surface area contributed by atoms with Crippen molar-refractivity contribution < 1.29 is 47.6 Å². The Morgan fingerprint density at radius 1 is 0.971 bits per heavy atom. The summed E-state index contributed by atoms with van der Waals surface area (Å²) < 4.78 is 29.4. The van der Waals surface area contributed by atoms with Gasteiger partial charge in [0.15, 0.2) is 11.5 Å². The van der Waals surface area contributed by atoms with Crippen LogP contribution in [0.25, 0.3) is 0 Å². The number of ether oxygens (including phenoxy) is 6. The highest BCUT2D eigenvalue weighted by Crippen LogP contribution is 2.30. The molecule has 1 aromatic carbocycles. The van der Waals surface area contributed by atoms with Gasteiger partial charge in [-0.2, -0.15) is 0 Å². The van der Waals surface area contributed by atoms with Gasteiger partial charge in [-0.05, 0) is 43.9 Å². The summed E-state index contributed by atoms with van der Waals surface area (Å²) >= 11 is 0. The van der Waals surface area contributed by atoms with Gasteiger partial charge in [0.25, 0.3) is 0 Å². The summed E-state index contributed by atoms with van der Waals surface area (Å²) in [5.41, 5.74) is 6.45. The van der Waals surface area contributed by atoms with Gasteiger partial charge in [-0.3, -0.25) is 9.59 Å². The van der Waals surface area contributed by atoms with Crippen molar-refractivity contribution in [3.05, 3.63) is 23.8 Å². The smallest absolute Gasteiger partial charge is 0.461 e. The van der Waals surface area contributed by atoms with Crippen LogP contribution in [0.2, 0.25) is 0 Å². The quantitative estimate of drug-likeness (QED) is 0.315. The molecule has 2 atom stereocenters. The van der Waals surface area contributed by atoms with Crippen LogP contribution in [-0.4, -0.2) is 57.2 Å². The van der Waals surface area contributed by atoms with E-state index in [1.807, 2.05) is 0 Å². The third-order valence-electron chi connectivity index (χ3n) is 5.20. The molecule has 1 saturated carbocycles. The number of benzene rings is 1. The molecule has 2 rings (SSSR count). The molecule has 0 radical (unpaired) electrons. The van der Waals surface area contributed by atoms with Gasteiger partial charge >= 0.3 is 24.2 Å². The molecule has 0 bridgehead atoms. The molecule has 188 valence electrons. The Morgan fingerprint density at radius 3 is 2.21 bits per heavy atom. The van der Waals surface area contributed by atoms with Gasteiger partial charge in [0.2, 0.25) is 0 Å². The zero-order chi connectivity index (χ0) is 25.1. The van der Waals surface area contributed by atoms with Crippen LogP contribution in [0, 0.1) is 5.92 Å². The SMILES string of the molecule is COC(=O)Oc1ccc(C[C@H](N)C(=O)OC[C@H](C)OC(=O)C2CCCCC2)cc1OC(=O)OC. The van der Waals surface area contributed by atoms with Gasteiger partial charge < -0.3 is 34.2 Å². The lowest BCUT2D eigenvalue weighted by Crippen LogP contribution is -2.36. The number of carbonyl (C=O) groups excluding carboxylic acids is 4. The van der Waals surface area contributed by atoms with Crippen LogP contribution in [-0.2, 0) is 35.0 Å². The second-order valence-corrected chi connectivity index (χ2v) is 7.92. The van der Waals surface area contributed by atoms with Crippen molar-refractivity contribution in [2.24, 2.45) is 11.7 Å². The fraction of sp³-hybridized carbons (Fsp3) is 0.565. The zero-order valence-electron chi connectivity index (χ0n) is 19.6. The maximum Gasteiger partial charge on any atom is 0.513 e. The van der Waals surface area contributed by atoms with Crippen molar-refractivity contribution in [1.29, 1.82) is 0 Å². The maximum absolute atomic E-state index is 12.3. The standard InChI is InChI=1S/C23H31NO10/c1-14(32-20(25)16-7-5-4-6-8-16)13-31-21(26)17(24)11-15-9-10-18(33-22(27)29-2)19(12-15)34-23(28)30-3/h9-10,12,14,16-17H,4-8,11,13,24H2,1-3H3/t14-,17-/m0/s1. The van der Waals surface area contributed by atoms with Crippen molar-refractivity contribution in [2.75, 3.05) is 20.8 Å². The van der Waals surface area contributed by atoms with E-state index in [-0.39, 0.29) is 36.4 Å². The highest BCUT2D eigenvalue weighted by atomic mass is 16.7. The van der Waals surface area contributed by atoms with Gasteiger partial charge in [-0.15, -0.1) is 0 Å². The van der Waals surface area contributed by atoms with Crippen LogP contribution in [0.5, 0.6) is 11.5 Å². The molecule has 11 nitrogen and oxygen atoms in total. The van der Waals surface area contributed by atoms with Crippen molar-refractivity contribution in [2.45, 2.75) is 57.6 Å². The summed E-state index contributed by atoms with van der Waals surface area (Å²) in [6.45, 7) is 1.53. The minimum absolute atomic E-state index is 0.0329. The van der Waals surface area contributed by atoms with Crippen LogP contribution in [0.15, 0.2) is 18.2 Å². The molecule has 1 fully saturated rings. The fourth-order valence-electron chi connectivity index (χ4n) is 3.42. The first kappa shape index (κ1) is 26.9. The predicted octanol–water partition coefficient (Wildman–Crippen LogP) is 2.90. The van der Waals surface area contributed by atoms with Crippen molar-refractivity contribution in [3.8, 4) is 11.5 Å². The Hall–Kier alpha value is -3.34. The Bertz CT molecular complexity index is 865. The minimum Gasteiger partial charge on any atom is -0.461 e. The first-order valence-corrected chi connectivity index (χ1v) is 11.0. The number of rotatable bonds is 9. The first-order valence-electron chi connectivity index (χ1n) is 11.0. The van der Waals surface area contributed by atoms with E-state index in [2.05, 4.69) is 9.47 Å². The molecule has 0 aromatic heterocycles. The lowest BCUT2D eigenvalue weighted by atomic mass is 9.89. The second-order valence-electron chi connectivity index (χ2n) is 7.92. The van der Waals surface area contributed by atoms with E-state index in [4.69, 9.17) is 24.7 Å². The molecule has 1 aliphatic carbocycles. The van der Waals surface area contributed by atoms with E-state index >= 15 is 0 Å². The van der Waals surface area contributed by atoms with E-state index in [0.29, 0.717) is 5.56 Å². The number of nitrogens with two attached hydrogens (primary N) is 1. The molecule has 0 spiro atoms. The summed E-state index contributed by atoms with van der Waals surface area (Å²) in [7, 11) is 2.24. The number of hydrogen-bond acceptors (Lipinski definition) is 11. The fourth-order valence-corrected chi connectivity index (χ4v) is 3.42. The average molecular weight is 481 g/mol. The van der Waals surface area contributed by atoms with Gasteiger partial charge in [-0.1, -0.05) is 25.3 Å². The predicted molar refractivity (Wildman–Crippen MR) is 117 cm³/mol. The number of esters is 2. The van der Waals surface area contributed by atoms with Gasteiger partial charge in [0.05, 0.1) is 20.1 Å². The molecule has 0 aliphatic heterocycles. The Balaban J connectivity index is 1.91. The Morgan fingerprint density at radius 2 is 1.59 bits per heavy atom. The molecular weight excluding hydrogens is 450 g/mol. The Kier molecular flexibility index (Phi) is 10.6. The topological polar surface area (TPSA) is 150 Å². The van der Waals surface area contributed by atoms with Crippen LogP contribution in [0.3, 0.4) is 0 Å². The van der Waals surface area contributed by atoms with Crippen molar-refractivity contribution >= 4 is 24.2 Å². The van der Waals surface area contributed by atoms with E-state index in [1.54, 1.807) is 6.92 Å². The molecule has 0 saturated heterocycles. The number of methoxy groups -OCH3 is 2. The second kappa shape index (κ2) is 13.4. The molecular formula is C23H31NO10. The molecule has 0 amide bonds. The van der Waals surface area contributed by atoms with Gasteiger partial charge in [-0.25, -0.2) is 9.59 Å². The van der Waals surface area contributed by atoms with Gasteiger partial charge in [0.1, 0.15) is 18.8 Å². The Labute approximate surface area is 197 Å². The van der Waals surface area contributed by atoms with Crippen LogP contribution < -0.4 is 15.2 Å². The summed E-state index contributed by atoms with van der Waals surface area (Å²) in [5, 5.41) is 0. The van der Waals surface area contributed by atoms with Crippen LogP contribution >= 0.6 is 0 Å². The largest absolute Gasteiger partial charge is 0.513 e. The van der Waals surface area contributed by atoms with Gasteiger partial charge in [0, 0.05) is 0 Å². The zero-order valence-corrected chi connectivity index (χ0v) is 19.6. The average Bonchev–Trinajstić information content (AvgIpc) is 2.84. The van der Waals surface area contributed by atoms with E-state index in [0.717, 1.165) is 46.3 Å². The molecule has 0 unspecified atom stereocenters. The lowest BCUT2D eigenvalue weighted by Gasteiger charge is -2.22. The van der Waals surface area contributed by atoms with Crippen molar-refractivity contribution in [3.63, 3.8) is 0 Å². The first-order chi connectivity index (χ1) is 16.2. The normalized spacial score (nSPS) is 15.4. The summed E-state index contributed by atoms with van der Waals surface area (Å²) in [5.74, 6) is -1.27. The molecule has 34 heavy (non-hydrogen) atoms. The van der Waals surface area contributed by atoms with E-state index in [1.165, 1.54) is 18.2 Å².